The number of amides is 1. The van der Waals surface area contributed by atoms with Crippen LogP contribution in [0.5, 0.6) is 0 Å². The number of rotatable bonds is 8. The van der Waals surface area contributed by atoms with E-state index < -0.39 is 5.97 Å². The number of aryl methyl sites for hydroxylation is 2. The first kappa shape index (κ1) is 26.9. The number of carbonyl (C=O) groups is 2. The SMILES string of the molecule is Cc1cc(COCc2ccc3c(c2)oc2cc(C(=O)O)c(N(C(=O)C4CCC(C)CC4)C(C)C)cc23)n(C)n1. The largest absolute Gasteiger partial charge is 0.478 e. The van der Waals surface area contributed by atoms with E-state index in [1.54, 1.807) is 11.0 Å². The monoisotopic (exact) mass is 531 g/mol. The van der Waals surface area contributed by atoms with Gasteiger partial charge in [-0.05, 0) is 82.2 Å². The van der Waals surface area contributed by atoms with E-state index in [4.69, 9.17) is 9.15 Å². The molecule has 0 spiro atoms. The number of fused-ring (bicyclic) bond motifs is 3. The van der Waals surface area contributed by atoms with Crippen LogP contribution < -0.4 is 4.90 Å². The molecule has 5 rings (SSSR count). The molecule has 1 aliphatic rings. The van der Waals surface area contributed by atoms with E-state index in [0.29, 0.717) is 36.0 Å². The van der Waals surface area contributed by atoms with Gasteiger partial charge in [0, 0.05) is 29.8 Å². The van der Waals surface area contributed by atoms with Gasteiger partial charge in [-0.1, -0.05) is 19.1 Å². The van der Waals surface area contributed by atoms with Crippen molar-refractivity contribution in [2.45, 2.75) is 72.6 Å². The second kappa shape index (κ2) is 10.8. The summed E-state index contributed by atoms with van der Waals surface area (Å²) in [6.45, 7) is 8.89. The fourth-order valence-electron chi connectivity index (χ4n) is 5.74. The first-order valence-electron chi connectivity index (χ1n) is 13.7. The number of ether oxygens (including phenoxy) is 1. The van der Waals surface area contributed by atoms with Gasteiger partial charge in [0.05, 0.1) is 35.9 Å². The lowest BCUT2D eigenvalue weighted by Gasteiger charge is -2.34. The van der Waals surface area contributed by atoms with Crippen LogP contribution in [0.4, 0.5) is 5.69 Å². The third-order valence-electron chi connectivity index (χ3n) is 7.88. The van der Waals surface area contributed by atoms with Crippen molar-refractivity contribution in [3.63, 3.8) is 0 Å². The maximum atomic E-state index is 13.7. The molecule has 1 fully saturated rings. The maximum Gasteiger partial charge on any atom is 0.337 e. The topological polar surface area (TPSA) is 97.8 Å². The first-order valence-corrected chi connectivity index (χ1v) is 13.7. The van der Waals surface area contributed by atoms with Crippen molar-refractivity contribution < 1.29 is 23.8 Å². The predicted octanol–water partition coefficient (Wildman–Crippen LogP) is 6.61. The molecule has 1 N–H and O–H groups in total. The van der Waals surface area contributed by atoms with Crippen molar-refractivity contribution >= 4 is 39.5 Å². The van der Waals surface area contributed by atoms with Crippen LogP contribution in [0.3, 0.4) is 0 Å². The molecule has 39 heavy (non-hydrogen) atoms. The molecule has 0 unspecified atom stereocenters. The van der Waals surface area contributed by atoms with Crippen molar-refractivity contribution in [3.8, 4) is 0 Å². The highest BCUT2D eigenvalue weighted by Gasteiger charge is 2.33. The van der Waals surface area contributed by atoms with E-state index in [9.17, 15) is 14.7 Å². The van der Waals surface area contributed by atoms with Gasteiger partial charge in [0.1, 0.15) is 11.2 Å². The molecule has 1 saturated carbocycles. The molecule has 1 amide bonds. The van der Waals surface area contributed by atoms with Crippen LogP contribution in [-0.4, -0.2) is 32.8 Å². The van der Waals surface area contributed by atoms with Gasteiger partial charge in [-0.3, -0.25) is 9.48 Å². The third-order valence-corrected chi connectivity index (χ3v) is 7.88. The Balaban J connectivity index is 1.46. The lowest BCUT2D eigenvalue weighted by molar-refractivity contribution is -0.123. The lowest BCUT2D eigenvalue weighted by atomic mass is 9.82. The molecule has 0 aliphatic heterocycles. The Labute approximate surface area is 228 Å². The Bertz CT molecular complexity index is 1520. The van der Waals surface area contributed by atoms with E-state index in [1.807, 2.05) is 62.8 Å². The number of nitrogens with zero attached hydrogens (tertiary/aromatic N) is 3. The van der Waals surface area contributed by atoms with E-state index in [2.05, 4.69) is 12.0 Å². The predicted molar refractivity (Wildman–Crippen MR) is 151 cm³/mol. The van der Waals surface area contributed by atoms with Gasteiger partial charge in [-0.15, -0.1) is 0 Å². The van der Waals surface area contributed by atoms with E-state index in [1.165, 1.54) is 0 Å². The summed E-state index contributed by atoms with van der Waals surface area (Å²) in [4.78, 5) is 27.8. The lowest BCUT2D eigenvalue weighted by Crippen LogP contribution is -2.42. The van der Waals surface area contributed by atoms with Gasteiger partial charge in [0.2, 0.25) is 5.91 Å². The van der Waals surface area contributed by atoms with E-state index in [0.717, 1.165) is 53.4 Å². The van der Waals surface area contributed by atoms with Crippen LogP contribution in [0.25, 0.3) is 21.9 Å². The average Bonchev–Trinajstić information content (AvgIpc) is 3.40. The Morgan fingerprint density at radius 1 is 1.08 bits per heavy atom. The van der Waals surface area contributed by atoms with Crippen LogP contribution in [0, 0.1) is 18.8 Å². The standard InChI is InChI=1S/C31H37N3O5/c1-18(2)34(30(35)22-9-6-19(3)7-10-22)27-14-25-24-11-8-21(16-38-17-23-12-20(4)32-33(23)5)13-28(24)39-29(25)15-26(27)31(36)37/h8,11-15,18-19,22H,6-7,9-10,16-17H2,1-5H3,(H,36,37). The number of aromatic nitrogens is 2. The molecule has 8 nitrogen and oxygen atoms in total. The summed E-state index contributed by atoms with van der Waals surface area (Å²) in [5.41, 5.74) is 4.53. The highest BCUT2D eigenvalue weighted by molar-refractivity contribution is 6.12. The van der Waals surface area contributed by atoms with Crippen molar-refractivity contribution in [3.05, 3.63) is 58.9 Å². The Kier molecular flexibility index (Phi) is 7.49. The molecular weight excluding hydrogens is 494 g/mol. The van der Waals surface area contributed by atoms with Crippen LogP contribution in [-0.2, 0) is 29.8 Å². The molecule has 206 valence electrons. The minimum Gasteiger partial charge on any atom is -0.478 e. The third kappa shape index (κ3) is 5.43. The number of carboxylic acids is 1. The number of carbonyl (C=O) groups excluding carboxylic acids is 1. The zero-order valence-electron chi connectivity index (χ0n) is 23.4. The van der Waals surface area contributed by atoms with E-state index in [-0.39, 0.29) is 23.4 Å². The van der Waals surface area contributed by atoms with Gasteiger partial charge in [-0.2, -0.15) is 5.10 Å². The second-order valence-corrected chi connectivity index (χ2v) is 11.3. The molecule has 1 aliphatic carbocycles. The highest BCUT2D eigenvalue weighted by Crippen LogP contribution is 2.38. The smallest absolute Gasteiger partial charge is 0.337 e. The number of hydrogen-bond donors (Lipinski definition) is 1. The summed E-state index contributed by atoms with van der Waals surface area (Å²) < 4.78 is 13.8. The fraction of sp³-hybridized carbons (Fsp3) is 0.452. The van der Waals surface area contributed by atoms with Crippen molar-refractivity contribution in [1.29, 1.82) is 0 Å². The molecule has 4 aromatic rings. The fourth-order valence-corrected chi connectivity index (χ4v) is 5.74. The van der Waals surface area contributed by atoms with Gasteiger partial charge >= 0.3 is 5.97 Å². The maximum absolute atomic E-state index is 13.7. The van der Waals surface area contributed by atoms with Crippen LogP contribution in [0.15, 0.2) is 40.8 Å². The first-order chi connectivity index (χ1) is 18.6. The van der Waals surface area contributed by atoms with Crippen LogP contribution >= 0.6 is 0 Å². The molecule has 2 heterocycles. The molecule has 2 aromatic carbocycles. The van der Waals surface area contributed by atoms with Gasteiger partial charge in [0.15, 0.2) is 0 Å². The van der Waals surface area contributed by atoms with Crippen molar-refractivity contribution in [2.24, 2.45) is 18.9 Å². The van der Waals surface area contributed by atoms with E-state index >= 15 is 0 Å². The molecular formula is C31H37N3O5. The number of furan rings is 1. The summed E-state index contributed by atoms with van der Waals surface area (Å²) in [6.07, 6.45) is 3.72. The zero-order chi connectivity index (χ0) is 27.8. The van der Waals surface area contributed by atoms with Crippen LogP contribution in [0.2, 0.25) is 0 Å². The number of aromatic carboxylic acids is 1. The van der Waals surface area contributed by atoms with Crippen LogP contribution in [0.1, 0.15) is 73.8 Å². The Morgan fingerprint density at radius 2 is 1.79 bits per heavy atom. The summed E-state index contributed by atoms with van der Waals surface area (Å²) in [7, 11) is 1.90. The molecule has 0 radical (unpaired) electrons. The molecule has 0 atom stereocenters. The second-order valence-electron chi connectivity index (χ2n) is 11.3. The number of hydrogen-bond acceptors (Lipinski definition) is 5. The number of carboxylic acid groups (broad SMARTS) is 1. The summed E-state index contributed by atoms with van der Waals surface area (Å²) in [5, 5.41) is 16.1. The van der Waals surface area contributed by atoms with Crippen molar-refractivity contribution in [1.82, 2.24) is 9.78 Å². The normalized spacial score (nSPS) is 17.8. The molecule has 0 saturated heterocycles. The summed E-state index contributed by atoms with van der Waals surface area (Å²) >= 11 is 0. The van der Waals surface area contributed by atoms with Gasteiger partial charge in [-0.25, -0.2) is 4.79 Å². The Hall–Kier alpha value is -3.65. The Morgan fingerprint density at radius 3 is 2.44 bits per heavy atom. The average molecular weight is 532 g/mol. The zero-order valence-corrected chi connectivity index (χ0v) is 23.4. The molecule has 8 heteroatoms. The molecule has 0 bridgehead atoms. The summed E-state index contributed by atoms with van der Waals surface area (Å²) in [6, 6.07) is 11.1. The minimum atomic E-state index is -1.08. The number of benzene rings is 2. The number of anilines is 1. The minimum absolute atomic E-state index is 0.00889. The van der Waals surface area contributed by atoms with Gasteiger partial charge < -0.3 is 19.2 Å². The van der Waals surface area contributed by atoms with Gasteiger partial charge in [0.25, 0.3) is 0 Å². The van der Waals surface area contributed by atoms with Crippen molar-refractivity contribution in [2.75, 3.05) is 4.90 Å². The summed E-state index contributed by atoms with van der Waals surface area (Å²) in [5.74, 6) is -0.531. The highest BCUT2D eigenvalue weighted by atomic mass is 16.5. The quantitative estimate of drug-likeness (QED) is 0.275. The molecule has 2 aromatic heterocycles.